The Balaban J connectivity index is 0.00000320. The van der Waals surface area contributed by atoms with E-state index in [4.69, 9.17) is 16.3 Å². The second-order valence-electron chi connectivity index (χ2n) is 7.35. The number of halogens is 2. The van der Waals surface area contributed by atoms with Crippen molar-refractivity contribution in [2.45, 2.75) is 32.4 Å². The Kier molecular flexibility index (Phi) is 10.8. The molecule has 1 aliphatic heterocycles. The molecule has 0 bridgehead atoms. The molecule has 2 aromatic rings. The van der Waals surface area contributed by atoms with Crippen LogP contribution in [-0.4, -0.2) is 55.7 Å². The van der Waals surface area contributed by atoms with Gasteiger partial charge in [0.05, 0.1) is 31.5 Å². The molecule has 1 aromatic heterocycles. The minimum Gasteiger partial charge on any atom is -0.379 e. The maximum absolute atomic E-state index is 6.25. The smallest absolute Gasteiger partial charge is 0.191 e. The summed E-state index contributed by atoms with van der Waals surface area (Å²) in [5, 5.41) is 10.8. The topological polar surface area (TPSA) is 61.8 Å². The predicted octanol–water partition coefficient (Wildman–Crippen LogP) is 4.28. The van der Waals surface area contributed by atoms with Crippen LogP contribution in [0, 0.1) is 0 Å². The number of thiazole rings is 1. The summed E-state index contributed by atoms with van der Waals surface area (Å²) in [5.41, 5.74) is 2.34. The molecule has 0 saturated carbocycles. The highest BCUT2D eigenvalue weighted by Gasteiger charge is 2.23. The van der Waals surface area contributed by atoms with Gasteiger partial charge in [0, 0.05) is 37.1 Å². The number of nitrogens with zero attached hydrogens (tertiary/aromatic N) is 3. The molecule has 0 amide bonds. The van der Waals surface area contributed by atoms with Crippen molar-refractivity contribution < 1.29 is 4.74 Å². The normalized spacial score (nSPS) is 16.2. The number of rotatable bonds is 7. The first-order chi connectivity index (χ1) is 14.1. The van der Waals surface area contributed by atoms with Crippen LogP contribution in [0.3, 0.4) is 0 Å². The SMILES string of the molecule is CN=C(NCc1nc(C(C)C)cs1)NCC(c1cccc(Cl)c1)N1CCOCC1.I. The Morgan fingerprint density at radius 1 is 1.30 bits per heavy atom. The highest BCUT2D eigenvalue weighted by atomic mass is 127. The van der Waals surface area contributed by atoms with E-state index in [2.05, 4.69) is 50.8 Å². The molecule has 1 atom stereocenters. The van der Waals surface area contributed by atoms with Crippen LogP contribution in [0.15, 0.2) is 34.6 Å². The van der Waals surface area contributed by atoms with E-state index in [9.17, 15) is 0 Å². The van der Waals surface area contributed by atoms with Gasteiger partial charge in [-0.05, 0) is 23.6 Å². The third-order valence-corrected chi connectivity index (χ3v) is 6.08. The van der Waals surface area contributed by atoms with Gasteiger partial charge >= 0.3 is 0 Å². The maximum Gasteiger partial charge on any atom is 0.191 e. The molecule has 0 radical (unpaired) electrons. The lowest BCUT2D eigenvalue weighted by molar-refractivity contribution is 0.0170. The van der Waals surface area contributed by atoms with E-state index >= 15 is 0 Å². The summed E-state index contributed by atoms with van der Waals surface area (Å²) in [6.07, 6.45) is 0. The Morgan fingerprint density at radius 3 is 2.70 bits per heavy atom. The molecule has 1 saturated heterocycles. The number of aromatic nitrogens is 1. The van der Waals surface area contributed by atoms with Gasteiger partial charge in [0.1, 0.15) is 5.01 Å². The summed E-state index contributed by atoms with van der Waals surface area (Å²) in [4.78, 5) is 11.5. The highest BCUT2D eigenvalue weighted by molar-refractivity contribution is 14.0. The van der Waals surface area contributed by atoms with Crippen molar-refractivity contribution >= 4 is 52.9 Å². The first-order valence-corrected chi connectivity index (χ1v) is 11.3. The summed E-state index contributed by atoms with van der Waals surface area (Å²) < 4.78 is 5.53. The molecule has 2 N–H and O–H groups in total. The molecule has 1 aromatic carbocycles. The van der Waals surface area contributed by atoms with E-state index in [1.54, 1.807) is 18.4 Å². The Labute approximate surface area is 205 Å². The van der Waals surface area contributed by atoms with Gasteiger partial charge < -0.3 is 15.4 Å². The van der Waals surface area contributed by atoms with Gasteiger partial charge in [-0.25, -0.2) is 4.98 Å². The van der Waals surface area contributed by atoms with Crippen LogP contribution < -0.4 is 10.6 Å². The van der Waals surface area contributed by atoms with E-state index in [-0.39, 0.29) is 30.0 Å². The lowest BCUT2D eigenvalue weighted by Gasteiger charge is -2.35. The molecule has 1 aliphatic rings. The van der Waals surface area contributed by atoms with Crippen molar-refractivity contribution in [2.75, 3.05) is 39.9 Å². The van der Waals surface area contributed by atoms with Gasteiger partial charge in [-0.15, -0.1) is 35.3 Å². The maximum atomic E-state index is 6.25. The van der Waals surface area contributed by atoms with Crippen molar-refractivity contribution in [3.05, 3.63) is 50.9 Å². The van der Waals surface area contributed by atoms with Crippen LogP contribution in [0.1, 0.15) is 42.1 Å². The average Bonchev–Trinajstić information content (AvgIpc) is 3.21. The number of morpholine rings is 1. The summed E-state index contributed by atoms with van der Waals surface area (Å²) in [6, 6.07) is 8.29. The van der Waals surface area contributed by atoms with E-state index in [0.717, 1.165) is 54.5 Å². The fourth-order valence-electron chi connectivity index (χ4n) is 3.31. The van der Waals surface area contributed by atoms with Crippen molar-refractivity contribution in [1.29, 1.82) is 0 Å². The van der Waals surface area contributed by atoms with Crippen LogP contribution in [0.4, 0.5) is 0 Å². The highest BCUT2D eigenvalue weighted by Crippen LogP contribution is 2.24. The van der Waals surface area contributed by atoms with E-state index in [1.807, 2.05) is 18.2 Å². The van der Waals surface area contributed by atoms with E-state index in [0.29, 0.717) is 12.5 Å². The fourth-order valence-corrected chi connectivity index (χ4v) is 4.40. The Morgan fingerprint density at radius 2 is 2.07 bits per heavy atom. The number of hydrogen-bond donors (Lipinski definition) is 2. The van der Waals surface area contributed by atoms with Gasteiger partial charge in [0.15, 0.2) is 5.96 Å². The molecule has 166 valence electrons. The monoisotopic (exact) mass is 563 g/mol. The average molecular weight is 564 g/mol. The van der Waals surface area contributed by atoms with E-state index < -0.39 is 0 Å². The Hall–Kier alpha value is -0.940. The molecule has 9 heteroatoms. The largest absolute Gasteiger partial charge is 0.379 e. The third kappa shape index (κ3) is 7.33. The summed E-state index contributed by atoms with van der Waals surface area (Å²) in [5.74, 6) is 1.22. The molecule has 1 fully saturated rings. The van der Waals surface area contributed by atoms with Crippen LogP contribution in [0.25, 0.3) is 0 Å². The fraction of sp³-hybridized carbons (Fsp3) is 0.524. The lowest BCUT2D eigenvalue weighted by atomic mass is 10.0. The molecule has 6 nitrogen and oxygen atoms in total. The molecule has 3 rings (SSSR count). The van der Waals surface area contributed by atoms with Crippen LogP contribution >= 0.6 is 46.9 Å². The minimum absolute atomic E-state index is 0. The number of aliphatic imine (C=N–C) groups is 1. The molecule has 0 spiro atoms. The molecular formula is C21H31ClIN5OS. The van der Waals surface area contributed by atoms with Crippen molar-refractivity contribution in [3.63, 3.8) is 0 Å². The minimum atomic E-state index is 0. The number of guanidine groups is 1. The van der Waals surface area contributed by atoms with Gasteiger partial charge in [-0.1, -0.05) is 37.6 Å². The second-order valence-corrected chi connectivity index (χ2v) is 8.73. The molecule has 2 heterocycles. The molecule has 30 heavy (non-hydrogen) atoms. The van der Waals surface area contributed by atoms with Crippen LogP contribution in [-0.2, 0) is 11.3 Å². The zero-order valence-electron chi connectivity index (χ0n) is 17.7. The summed E-state index contributed by atoms with van der Waals surface area (Å²) in [6.45, 7) is 9.04. The number of benzene rings is 1. The van der Waals surface area contributed by atoms with Crippen LogP contribution in [0.2, 0.25) is 5.02 Å². The van der Waals surface area contributed by atoms with Crippen LogP contribution in [0.5, 0.6) is 0 Å². The summed E-state index contributed by atoms with van der Waals surface area (Å²) >= 11 is 7.94. The Bertz CT molecular complexity index is 810. The standard InChI is InChI=1S/C21H30ClN5OS.HI/c1-15(2)18-14-29-20(26-18)13-25-21(23-3)24-12-19(27-7-9-28-10-8-27)16-5-4-6-17(22)11-16;/h4-6,11,14-15,19H,7-10,12-13H2,1-3H3,(H2,23,24,25);1H. The summed E-state index contributed by atoms with van der Waals surface area (Å²) in [7, 11) is 1.79. The van der Waals surface area contributed by atoms with Gasteiger partial charge in [-0.3, -0.25) is 9.89 Å². The van der Waals surface area contributed by atoms with E-state index in [1.165, 1.54) is 5.56 Å². The quantitative estimate of drug-likeness (QED) is 0.299. The number of ether oxygens (including phenoxy) is 1. The third-order valence-electron chi connectivity index (χ3n) is 4.97. The zero-order chi connectivity index (χ0) is 20.6. The first-order valence-electron chi connectivity index (χ1n) is 10.0. The number of nitrogens with one attached hydrogen (secondary N) is 2. The van der Waals surface area contributed by atoms with Crippen molar-refractivity contribution in [2.24, 2.45) is 4.99 Å². The lowest BCUT2D eigenvalue weighted by Crippen LogP contribution is -2.46. The zero-order valence-corrected chi connectivity index (χ0v) is 21.6. The molecular weight excluding hydrogens is 533 g/mol. The van der Waals surface area contributed by atoms with Crippen molar-refractivity contribution in [1.82, 2.24) is 20.5 Å². The first kappa shape index (κ1) is 25.3. The van der Waals surface area contributed by atoms with Gasteiger partial charge in [-0.2, -0.15) is 0 Å². The predicted molar refractivity (Wildman–Crippen MR) is 136 cm³/mol. The second kappa shape index (κ2) is 12.8. The van der Waals surface area contributed by atoms with Gasteiger partial charge in [0.25, 0.3) is 0 Å². The van der Waals surface area contributed by atoms with Crippen molar-refractivity contribution in [3.8, 4) is 0 Å². The van der Waals surface area contributed by atoms with Gasteiger partial charge in [0.2, 0.25) is 0 Å². The molecule has 0 aliphatic carbocycles. The number of hydrogen-bond acceptors (Lipinski definition) is 5. The molecule has 1 unspecified atom stereocenters.